The van der Waals surface area contributed by atoms with Gasteiger partial charge in [-0.25, -0.2) is 0 Å². The summed E-state index contributed by atoms with van der Waals surface area (Å²) >= 11 is 0. The summed E-state index contributed by atoms with van der Waals surface area (Å²) < 4.78 is 5.75. The molecule has 0 aliphatic heterocycles. The average Bonchev–Trinajstić information content (AvgIpc) is 2.30. The lowest BCUT2D eigenvalue weighted by Crippen LogP contribution is -2.27. The fourth-order valence-electron chi connectivity index (χ4n) is 1.66. The van der Waals surface area contributed by atoms with Gasteiger partial charge in [0.05, 0.1) is 6.61 Å². The summed E-state index contributed by atoms with van der Waals surface area (Å²) in [5.74, 6) is 0.944. The molecule has 1 rings (SSSR count). The number of nitrogens with zero attached hydrogens (tertiary/aromatic N) is 1. The highest BCUT2D eigenvalue weighted by Crippen LogP contribution is 2.19. The van der Waals surface area contributed by atoms with E-state index in [2.05, 4.69) is 36.2 Å². The second kappa shape index (κ2) is 7.17. The highest BCUT2D eigenvalue weighted by Gasteiger charge is 2.01. The van der Waals surface area contributed by atoms with Crippen LogP contribution in [0.25, 0.3) is 0 Å². The van der Waals surface area contributed by atoms with Gasteiger partial charge < -0.3 is 15.0 Å². The van der Waals surface area contributed by atoms with E-state index in [1.54, 1.807) is 0 Å². The molecule has 0 fully saturated rings. The fourth-order valence-corrected chi connectivity index (χ4v) is 1.66. The Morgan fingerprint density at radius 2 is 2.12 bits per heavy atom. The predicted octanol–water partition coefficient (Wildman–Crippen LogP) is 2.52. The molecule has 0 saturated heterocycles. The number of hydrogen-bond acceptors (Lipinski definition) is 3. The summed E-state index contributed by atoms with van der Waals surface area (Å²) in [6, 6.07) is 8.69. The zero-order valence-electron chi connectivity index (χ0n) is 11.4. The summed E-state index contributed by atoms with van der Waals surface area (Å²) in [4.78, 5) is 2.08. The van der Waals surface area contributed by atoms with Crippen molar-refractivity contribution >= 4 is 5.69 Å². The van der Waals surface area contributed by atoms with E-state index in [0.717, 1.165) is 25.3 Å². The standard InChI is InChI=1S/C14H24N2O/c1-5-15-12(2)9-10-17-14-8-6-7-13(11-14)16(3)4/h6-8,11-12,15H,5,9-10H2,1-4H3. The Morgan fingerprint density at radius 1 is 1.35 bits per heavy atom. The molecule has 0 aromatic heterocycles. The molecular formula is C14H24N2O. The van der Waals surface area contributed by atoms with Crippen LogP contribution < -0.4 is 15.0 Å². The van der Waals surface area contributed by atoms with E-state index in [9.17, 15) is 0 Å². The van der Waals surface area contributed by atoms with Gasteiger partial charge in [0.15, 0.2) is 0 Å². The van der Waals surface area contributed by atoms with Crippen molar-refractivity contribution in [1.29, 1.82) is 0 Å². The van der Waals surface area contributed by atoms with Crippen LogP contribution in [0, 0.1) is 0 Å². The van der Waals surface area contributed by atoms with E-state index < -0.39 is 0 Å². The minimum absolute atomic E-state index is 0.511. The largest absolute Gasteiger partial charge is 0.493 e. The Hall–Kier alpha value is -1.22. The maximum absolute atomic E-state index is 5.75. The van der Waals surface area contributed by atoms with Gasteiger partial charge in [0.1, 0.15) is 5.75 Å². The van der Waals surface area contributed by atoms with Crippen molar-refractivity contribution in [2.45, 2.75) is 26.3 Å². The van der Waals surface area contributed by atoms with Crippen LogP contribution in [0.5, 0.6) is 5.75 Å². The minimum Gasteiger partial charge on any atom is -0.493 e. The summed E-state index contributed by atoms with van der Waals surface area (Å²) in [5.41, 5.74) is 1.17. The van der Waals surface area contributed by atoms with E-state index in [1.807, 2.05) is 26.2 Å². The van der Waals surface area contributed by atoms with Crippen molar-refractivity contribution in [3.05, 3.63) is 24.3 Å². The van der Waals surface area contributed by atoms with E-state index in [1.165, 1.54) is 5.69 Å². The topological polar surface area (TPSA) is 24.5 Å². The Morgan fingerprint density at radius 3 is 2.76 bits per heavy atom. The second-order valence-electron chi connectivity index (χ2n) is 4.49. The van der Waals surface area contributed by atoms with Gasteiger partial charge in [-0.05, 0) is 32.0 Å². The molecule has 3 heteroatoms. The van der Waals surface area contributed by atoms with E-state index in [4.69, 9.17) is 4.74 Å². The maximum Gasteiger partial charge on any atom is 0.121 e. The van der Waals surface area contributed by atoms with Gasteiger partial charge in [-0.3, -0.25) is 0 Å². The molecule has 0 bridgehead atoms. The third-order valence-corrected chi connectivity index (χ3v) is 2.71. The lowest BCUT2D eigenvalue weighted by molar-refractivity contribution is 0.291. The van der Waals surface area contributed by atoms with Crippen molar-refractivity contribution in [2.24, 2.45) is 0 Å². The quantitative estimate of drug-likeness (QED) is 0.787. The van der Waals surface area contributed by atoms with Gasteiger partial charge >= 0.3 is 0 Å². The molecular weight excluding hydrogens is 212 g/mol. The van der Waals surface area contributed by atoms with Gasteiger partial charge in [0.2, 0.25) is 0 Å². The molecule has 1 unspecified atom stereocenters. The van der Waals surface area contributed by atoms with Gasteiger partial charge in [0, 0.05) is 31.9 Å². The average molecular weight is 236 g/mol. The molecule has 0 amide bonds. The van der Waals surface area contributed by atoms with Crippen molar-refractivity contribution in [3.8, 4) is 5.75 Å². The molecule has 96 valence electrons. The zero-order chi connectivity index (χ0) is 12.7. The molecule has 0 aliphatic carbocycles. The van der Waals surface area contributed by atoms with E-state index in [0.29, 0.717) is 6.04 Å². The Bertz CT molecular complexity index is 326. The monoisotopic (exact) mass is 236 g/mol. The summed E-state index contributed by atoms with van der Waals surface area (Å²) in [6.07, 6.45) is 1.03. The Kier molecular flexibility index (Phi) is 5.84. The van der Waals surface area contributed by atoms with Crippen molar-refractivity contribution in [3.63, 3.8) is 0 Å². The van der Waals surface area contributed by atoms with Crippen LogP contribution in [0.15, 0.2) is 24.3 Å². The summed E-state index contributed by atoms with van der Waals surface area (Å²) in [7, 11) is 4.07. The molecule has 0 heterocycles. The molecule has 0 saturated carbocycles. The first-order valence-electron chi connectivity index (χ1n) is 6.27. The zero-order valence-corrected chi connectivity index (χ0v) is 11.4. The molecule has 17 heavy (non-hydrogen) atoms. The van der Waals surface area contributed by atoms with E-state index >= 15 is 0 Å². The van der Waals surface area contributed by atoms with Crippen LogP contribution in [-0.2, 0) is 0 Å². The number of ether oxygens (including phenoxy) is 1. The van der Waals surface area contributed by atoms with Crippen LogP contribution in [0.4, 0.5) is 5.69 Å². The van der Waals surface area contributed by atoms with Gasteiger partial charge in [-0.1, -0.05) is 13.0 Å². The normalized spacial score (nSPS) is 12.2. The highest BCUT2D eigenvalue weighted by atomic mass is 16.5. The lowest BCUT2D eigenvalue weighted by atomic mass is 10.2. The van der Waals surface area contributed by atoms with Gasteiger partial charge in [0.25, 0.3) is 0 Å². The maximum atomic E-state index is 5.75. The van der Waals surface area contributed by atoms with Crippen LogP contribution in [0.3, 0.4) is 0 Å². The number of nitrogens with one attached hydrogen (secondary N) is 1. The number of hydrogen-bond donors (Lipinski definition) is 1. The molecule has 1 aromatic carbocycles. The first kappa shape index (κ1) is 13.8. The minimum atomic E-state index is 0.511. The lowest BCUT2D eigenvalue weighted by Gasteiger charge is -2.15. The smallest absolute Gasteiger partial charge is 0.121 e. The van der Waals surface area contributed by atoms with Gasteiger partial charge in [-0.2, -0.15) is 0 Å². The molecule has 3 nitrogen and oxygen atoms in total. The summed E-state index contributed by atoms with van der Waals surface area (Å²) in [6.45, 7) is 6.07. The van der Waals surface area contributed by atoms with Crippen LogP contribution >= 0.6 is 0 Å². The number of rotatable bonds is 7. The van der Waals surface area contributed by atoms with Gasteiger partial charge in [-0.15, -0.1) is 0 Å². The van der Waals surface area contributed by atoms with Crippen LogP contribution in [0.1, 0.15) is 20.3 Å². The highest BCUT2D eigenvalue weighted by molar-refractivity contribution is 5.49. The van der Waals surface area contributed by atoms with Crippen LogP contribution in [0.2, 0.25) is 0 Å². The molecule has 0 aliphatic rings. The third kappa shape index (κ3) is 5.09. The SMILES string of the molecule is CCNC(C)CCOc1cccc(N(C)C)c1. The Labute approximate surface area is 105 Å². The first-order valence-corrected chi connectivity index (χ1v) is 6.27. The van der Waals surface area contributed by atoms with Crippen molar-refractivity contribution in [2.75, 3.05) is 32.1 Å². The Balaban J connectivity index is 2.38. The van der Waals surface area contributed by atoms with Crippen molar-refractivity contribution in [1.82, 2.24) is 5.32 Å². The molecule has 0 radical (unpaired) electrons. The molecule has 1 atom stereocenters. The summed E-state index contributed by atoms with van der Waals surface area (Å²) in [5, 5.41) is 3.37. The predicted molar refractivity (Wildman–Crippen MR) is 74.0 cm³/mol. The number of benzene rings is 1. The van der Waals surface area contributed by atoms with E-state index in [-0.39, 0.29) is 0 Å². The fraction of sp³-hybridized carbons (Fsp3) is 0.571. The molecule has 1 aromatic rings. The molecule has 1 N–H and O–H groups in total. The van der Waals surface area contributed by atoms with Crippen molar-refractivity contribution < 1.29 is 4.74 Å². The third-order valence-electron chi connectivity index (χ3n) is 2.71. The molecule has 0 spiro atoms. The first-order chi connectivity index (χ1) is 8.13. The number of anilines is 1. The second-order valence-corrected chi connectivity index (χ2v) is 4.49. The van der Waals surface area contributed by atoms with Crippen LogP contribution in [-0.4, -0.2) is 33.3 Å².